The topological polar surface area (TPSA) is 166 Å². The van der Waals surface area contributed by atoms with Gasteiger partial charge < -0.3 is 14.6 Å². The maximum absolute atomic E-state index is 11.8. The van der Waals surface area contributed by atoms with Crippen LogP contribution >= 0.6 is 15.9 Å². The lowest BCUT2D eigenvalue weighted by atomic mass is 10.2. The van der Waals surface area contributed by atoms with Crippen LogP contribution < -0.4 is 14.9 Å². The Hall–Kier alpha value is -3.74. The van der Waals surface area contributed by atoms with Crippen molar-refractivity contribution in [2.75, 3.05) is 13.2 Å². The normalized spacial score (nSPS) is 10.6. The van der Waals surface area contributed by atoms with Crippen LogP contribution in [-0.2, 0) is 4.79 Å². The SMILES string of the molecule is CCOc1cc(C=NNC(=O)COc2ccc([N+](=O)[O-])cc2Br)cc([N+](=O)[O-])c1O. The van der Waals surface area contributed by atoms with Crippen LogP contribution in [0.15, 0.2) is 39.9 Å². The van der Waals surface area contributed by atoms with E-state index in [1.165, 1.54) is 24.3 Å². The molecule has 1 amide bonds. The molecule has 0 saturated carbocycles. The summed E-state index contributed by atoms with van der Waals surface area (Å²) in [6.45, 7) is 1.39. The van der Waals surface area contributed by atoms with Crippen LogP contribution in [-0.4, -0.2) is 40.3 Å². The van der Waals surface area contributed by atoms with Crippen molar-refractivity contribution < 1.29 is 29.2 Å². The maximum atomic E-state index is 11.8. The average Bonchev–Trinajstić information content (AvgIpc) is 2.69. The third-order valence-electron chi connectivity index (χ3n) is 3.46. The number of amides is 1. The lowest BCUT2D eigenvalue weighted by Gasteiger charge is -2.08. The van der Waals surface area contributed by atoms with Crippen molar-refractivity contribution >= 4 is 39.4 Å². The number of phenolic OH excluding ortho intramolecular Hbond substituents is 1. The number of benzene rings is 2. The molecule has 12 nitrogen and oxygen atoms in total. The molecule has 2 rings (SSSR count). The van der Waals surface area contributed by atoms with Crippen LogP contribution in [0.5, 0.6) is 17.2 Å². The molecule has 0 radical (unpaired) electrons. The van der Waals surface area contributed by atoms with Gasteiger partial charge in [-0.2, -0.15) is 5.10 Å². The fourth-order valence-corrected chi connectivity index (χ4v) is 2.65. The number of nitro benzene ring substituents is 2. The van der Waals surface area contributed by atoms with E-state index in [-0.39, 0.29) is 29.4 Å². The van der Waals surface area contributed by atoms with Gasteiger partial charge in [0.15, 0.2) is 12.4 Å². The van der Waals surface area contributed by atoms with E-state index in [0.717, 1.165) is 12.3 Å². The fourth-order valence-electron chi connectivity index (χ4n) is 2.17. The van der Waals surface area contributed by atoms with Crippen molar-refractivity contribution in [3.63, 3.8) is 0 Å². The molecule has 0 spiro atoms. The molecule has 0 fully saturated rings. The average molecular weight is 483 g/mol. The molecule has 0 aromatic heterocycles. The molecule has 2 aromatic carbocycles. The fraction of sp³-hybridized carbons (Fsp3) is 0.176. The van der Waals surface area contributed by atoms with Gasteiger partial charge in [0.05, 0.1) is 27.1 Å². The second kappa shape index (κ2) is 10.2. The van der Waals surface area contributed by atoms with Crippen molar-refractivity contribution in [1.29, 1.82) is 0 Å². The molecule has 158 valence electrons. The summed E-state index contributed by atoms with van der Waals surface area (Å²) in [5.41, 5.74) is 1.67. The van der Waals surface area contributed by atoms with Gasteiger partial charge in [-0.05, 0) is 35.0 Å². The highest BCUT2D eigenvalue weighted by Crippen LogP contribution is 2.36. The standard InChI is InChI=1S/C17H15BrN4O8/c1-2-29-15-6-10(5-13(17(15)24)22(27)28)8-19-20-16(23)9-30-14-4-3-11(21(25)26)7-12(14)18/h3-8,24H,2,9H2,1H3,(H,20,23). The summed E-state index contributed by atoms with van der Waals surface area (Å²) < 4.78 is 10.7. The molecular weight excluding hydrogens is 468 g/mol. The molecule has 30 heavy (non-hydrogen) atoms. The summed E-state index contributed by atoms with van der Waals surface area (Å²) in [4.78, 5) is 32.2. The number of rotatable bonds is 9. The largest absolute Gasteiger partial charge is 0.500 e. The zero-order valence-corrected chi connectivity index (χ0v) is 17.0. The molecule has 0 unspecified atom stereocenters. The summed E-state index contributed by atoms with van der Waals surface area (Å²) in [5.74, 6) is -1.12. The van der Waals surface area contributed by atoms with Crippen molar-refractivity contribution in [2.45, 2.75) is 6.92 Å². The number of hydrogen-bond acceptors (Lipinski definition) is 9. The van der Waals surface area contributed by atoms with E-state index in [1.807, 2.05) is 0 Å². The number of nitro groups is 2. The van der Waals surface area contributed by atoms with Gasteiger partial charge in [-0.25, -0.2) is 5.43 Å². The molecule has 0 bridgehead atoms. The van der Waals surface area contributed by atoms with Crippen LogP contribution in [0.1, 0.15) is 12.5 Å². The predicted octanol–water partition coefficient (Wildman–Crippen LogP) is 2.90. The van der Waals surface area contributed by atoms with E-state index < -0.39 is 33.8 Å². The lowest BCUT2D eigenvalue weighted by molar-refractivity contribution is -0.386. The van der Waals surface area contributed by atoms with Crippen molar-refractivity contribution in [2.24, 2.45) is 5.10 Å². The molecule has 0 saturated heterocycles. The zero-order valence-electron chi connectivity index (χ0n) is 15.4. The Morgan fingerprint density at radius 2 is 1.93 bits per heavy atom. The van der Waals surface area contributed by atoms with Crippen LogP contribution in [0.4, 0.5) is 11.4 Å². The van der Waals surface area contributed by atoms with E-state index in [4.69, 9.17) is 9.47 Å². The van der Waals surface area contributed by atoms with E-state index in [9.17, 15) is 30.1 Å². The third-order valence-corrected chi connectivity index (χ3v) is 4.08. The summed E-state index contributed by atoms with van der Waals surface area (Å²) in [6, 6.07) is 6.19. The number of carbonyl (C=O) groups is 1. The van der Waals surface area contributed by atoms with Gasteiger partial charge in [-0.15, -0.1) is 0 Å². The Balaban J connectivity index is 2.01. The number of nitrogens with zero attached hydrogens (tertiary/aromatic N) is 3. The molecule has 0 heterocycles. The molecule has 13 heteroatoms. The first-order chi connectivity index (χ1) is 14.2. The molecule has 2 N–H and O–H groups in total. The van der Waals surface area contributed by atoms with Gasteiger partial charge in [0, 0.05) is 23.8 Å². The smallest absolute Gasteiger partial charge is 0.315 e. The molecular formula is C17H15BrN4O8. The van der Waals surface area contributed by atoms with Crippen LogP contribution in [0.25, 0.3) is 0 Å². The highest BCUT2D eigenvalue weighted by molar-refractivity contribution is 9.10. The predicted molar refractivity (Wildman–Crippen MR) is 108 cm³/mol. The number of aromatic hydroxyl groups is 1. The minimum Gasteiger partial charge on any atom is -0.500 e. The Labute approximate surface area is 177 Å². The molecule has 2 aromatic rings. The van der Waals surface area contributed by atoms with E-state index in [0.29, 0.717) is 4.47 Å². The van der Waals surface area contributed by atoms with Gasteiger partial charge >= 0.3 is 5.69 Å². The first kappa shape index (κ1) is 22.5. The second-order valence-electron chi connectivity index (χ2n) is 5.53. The summed E-state index contributed by atoms with van der Waals surface area (Å²) in [6.07, 6.45) is 1.13. The van der Waals surface area contributed by atoms with Crippen molar-refractivity contribution in [1.82, 2.24) is 5.43 Å². The molecule has 0 atom stereocenters. The summed E-state index contributed by atoms with van der Waals surface area (Å²) in [7, 11) is 0. The van der Waals surface area contributed by atoms with E-state index in [1.54, 1.807) is 6.92 Å². The molecule has 0 aliphatic heterocycles. The monoisotopic (exact) mass is 482 g/mol. The Morgan fingerprint density at radius 1 is 1.20 bits per heavy atom. The van der Waals surface area contributed by atoms with Crippen LogP contribution in [0.2, 0.25) is 0 Å². The maximum Gasteiger partial charge on any atom is 0.315 e. The second-order valence-corrected chi connectivity index (χ2v) is 6.38. The summed E-state index contributed by atoms with van der Waals surface area (Å²) in [5, 5.41) is 35.3. The Morgan fingerprint density at radius 3 is 2.53 bits per heavy atom. The highest BCUT2D eigenvalue weighted by Gasteiger charge is 2.19. The van der Waals surface area contributed by atoms with Gasteiger partial charge in [0.2, 0.25) is 5.75 Å². The third kappa shape index (κ3) is 5.88. The number of phenols is 1. The molecule has 0 aliphatic rings. The minimum atomic E-state index is -0.774. The number of non-ortho nitro benzene ring substituents is 1. The van der Waals surface area contributed by atoms with Crippen molar-refractivity contribution in [3.05, 3.63) is 60.6 Å². The van der Waals surface area contributed by atoms with Crippen LogP contribution in [0.3, 0.4) is 0 Å². The number of halogens is 1. The van der Waals surface area contributed by atoms with E-state index >= 15 is 0 Å². The van der Waals surface area contributed by atoms with E-state index in [2.05, 4.69) is 26.5 Å². The Kier molecular flexibility index (Phi) is 7.63. The van der Waals surface area contributed by atoms with Gasteiger partial charge in [-0.1, -0.05) is 0 Å². The van der Waals surface area contributed by atoms with Crippen molar-refractivity contribution in [3.8, 4) is 17.2 Å². The minimum absolute atomic E-state index is 0.0918. The number of carbonyl (C=O) groups excluding carboxylic acids is 1. The number of nitrogens with one attached hydrogen (secondary N) is 1. The molecule has 0 aliphatic carbocycles. The van der Waals surface area contributed by atoms with Gasteiger partial charge in [-0.3, -0.25) is 25.0 Å². The first-order valence-electron chi connectivity index (χ1n) is 8.25. The number of hydrogen-bond donors (Lipinski definition) is 2. The first-order valence-corrected chi connectivity index (χ1v) is 9.05. The number of hydrazone groups is 1. The zero-order chi connectivity index (χ0) is 22.3. The Bertz CT molecular complexity index is 1010. The van der Waals surface area contributed by atoms with Crippen LogP contribution in [0, 0.1) is 20.2 Å². The quantitative estimate of drug-likeness (QED) is 0.312. The number of ether oxygens (including phenoxy) is 2. The highest BCUT2D eigenvalue weighted by atomic mass is 79.9. The lowest BCUT2D eigenvalue weighted by Crippen LogP contribution is -2.24. The van der Waals surface area contributed by atoms with Gasteiger partial charge in [0.25, 0.3) is 11.6 Å². The van der Waals surface area contributed by atoms with Gasteiger partial charge in [0.1, 0.15) is 5.75 Å². The summed E-state index contributed by atoms with van der Waals surface area (Å²) >= 11 is 3.11.